The molecule has 0 aliphatic carbocycles. The SMILES string of the molecule is O=C(c1cc[c]nc1)N(C1CCSCC1)C1CCCCS1. The first-order valence-corrected chi connectivity index (χ1v) is 9.91. The van der Waals surface area contributed by atoms with Gasteiger partial charge in [0.1, 0.15) is 0 Å². The van der Waals surface area contributed by atoms with Crippen LogP contribution in [0.3, 0.4) is 0 Å². The van der Waals surface area contributed by atoms with Crippen LogP contribution in [0.5, 0.6) is 0 Å². The summed E-state index contributed by atoms with van der Waals surface area (Å²) in [5.41, 5.74) is 0.707. The van der Waals surface area contributed by atoms with E-state index in [0.717, 1.165) is 19.3 Å². The van der Waals surface area contributed by atoms with E-state index in [2.05, 4.69) is 16.1 Å². The number of amides is 1. The number of rotatable bonds is 3. The molecule has 0 spiro atoms. The fourth-order valence-corrected chi connectivity index (χ4v) is 5.52. The average molecular weight is 321 g/mol. The van der Waals surface area contributed by atoms with Crippen molar-refractivity contribution < 1.29 is 4.79 Å². The van der Waals surface area contributed by atoms with E-state index in [1.165, 1.54) is 30.1 Å². The summed E-state index contributed by atoms with van der Waals surface area (Å²) >= 11 is 3.97. The Bertz CT molecular complexity index is 439. The van der Waals surface area contributed by atoms with Crippen molar-refractivity contribution in [2.45, 2.75) is 43.5 Å². The van der Waals surface area contributed by atoms with Crippen molar-refractivity contribution in [3.05, 3.63) is 30.1 Å². The summed E-state index contributed by atoms with van der Waals surface area (Å²) in [5, 5.41) is 0.350. The Morgan fingerprint density at radius 1 is 1.24 bits per heavy atom. The molecule has 3 nitrogen and oxygen atoms in total. The van der Waals surface area contributed by atoms with Crippen LogP contribution in [0.2, 0.25) is 0 Å². The van der Waals surface area contributed by atoms with Crippen LogP contribution in [0.25, 0.3) is 0 Å². The lowest BCUT2D eigenvalue weighted by atomic mass is 10.1. The van der Waals surface area contributed by atoms with Crippen LogP contribution in [0.1, 0.15) is 42.5 Å². The summed E-state index contributed by atoms with van der Waals surface area (Å²) in [6.07, 6.45) is 10.3. The average Bonchev–Trinajstić information content (AvgIpc) is 2.58. The van der Waals surface area contributed by atoms with E-state index in [1.54, 1.807) is 12.3 Å². The zero-order chi connectivity index (χ0) is 14.5. The minimum atomic E-state index is 0.160. The molecule has 5 heteroatoms. The monoisotopic (exact) mass is 321 g/mol. The van der Waals surface area contributed by atoms with Crippen LogP contribution < -0.4 is 0 Å². The van der Waals surface area contributed by atoms with E-state index >= 15 is 0 Å². The van der Waals surface area contributed by atoms with Gasteiger partial charge >= 0.3 is 0 Å². The van der Waals surface area contributed by atoms with E-state index in [0.29, 0.717) is 17.0 Å². The molecule has 3 rings (SSSR count). The van der Waals surface area contributed by atoms with Gasteiger partial charge in [-0.15, -0.1) is 11.8 Å². The summed E-state index contributed by atoms with van der Waals surface area (Å²) in [6, 6.07) is 3.97. The van der Waals surface area contributed by atoms with Crippen LogP contribution in [0, 0.1) is 6.20 Å². The molecular weight excluding hydrogens is 300 g/mol. The Kier molecular flexibility index (Phi) is 5.47. The van der Waals surface area contributed by atoms with Gasteiger partial charge in [-0.3, -0.25) is 9.78 Å². The molecule has 1 amide bonds. The normalized spacial score (nSPS) is 23.7. The van der Waals surface area contributed by atoms with Crippen LogP contribution in [0.4, 0.5) is 0 Å². The second-order valence-corrected chi connectivity index (χ2v) is 8.06. The predicted octanol–water partition coefficient (Wildman–Crippen LogP) is 3.46. The molecule has 0 aromatic carbocycles. The molecule has 2 aliphatic heterocycles. The minimum Gasteiger partial charge on any atom is -0.324 e. The van der Waals surface area contributed by atoms with Crippen molar-refractivity contribution in [1.82, 2.24) is 9.88 Å². The Balaban J connectivity index is 1.81. The molecular formula is C16H21N2OS2. The lowest BCUT2D eigenvalue weighted by Crippen LogP contribution is -2.48. The molecule has 1 unspecified atom stereocenters. The van der Waals surface area contributed by atoms with Gasteiger partial charge in [-0.25, -0.2) is 0 Å². The van der Waals surface area contributed by atoms with E-state index in [1.807, 2.05) is 29.6 Å². The second kappa shape index (κ2) is 7.54. The van der Waals surface area contributed by atoms with Gasteiger partial charge in [0.2, 0.25) is 0 Å². The first-order chi connectivity index (χ1) is 10.4. The predicted molar refractivity (Wildman–Crippen MR) is 89.7 cm³/mol. The largest absolute Gasteiger partial charge is 0.324 e. The zero-order valence-corrected chi connectivity index (χ0v) is 13.8. The van der Waals surface area contributed by atoms with Gasteiger partial charge in [0, 0.05) is 12.2 Å². The molecule has 1 aromatic rings. The van der Waals surface area contributed by atoms with Gasteiger partial charge in [0.25, 0.3) is 5.91 Å². The smallest absolute Gasteiger partial charge is 0.256 e. The van der Waals surface area contributed by atoms with Crippen molar-refractivity contribution >= 4 is 29.4 Å². The molecule has 1 atom stereocenters. The van der Waals surface area contributed by atoms with Gasteiger partial charge in [-0.2, -0.15) is 11.8 Å². The summed E-state index contributed by atoms with van der Waals surface area (Å²) in [4.78, 5) is 19.2. The molecule has 2 fully saturated rings. The molecule has 113 valence electrons. The van der Waals surface area contributed by atoms with Crippen molar-refractivity contribution in [2.75, 3.05) is 17.3 Å². The Morgan fingerprint density at radius 3 is 2.76 bits per heavy atom. The van der Waals surface area contributed by atoms with Gasteiger partial charge in [0.15, 0.2) is 0 Å². The standard InChI is InChI=1S/C16H21N2OS2/c19-16(13-4-3-8-17-12-13)18(14-6-10-20-11-7-14)15-5-1-2-9-21-15/h3-4,12,14-15H,1-2,5-7,9-11H2. The van der Waals surface area contributed by atoms with Gasteiger partial charge in [0.05, 0.1) is 17.1 Å². The highest BCUT2D eigenvalue weighted by molar-refractivity contribution is 8.00. The first-order valence-electron chi connectivity index (χ1n) is 7.70. The Labute approximate surface area is 135 Å². The van der Waals surface area contributed by atoms with Crippen LogP contribution >= 0.6 is 23.5 Å². The number of hydrogen-bond donors (Lipinski definition) is 0. The molecule has 2 saturated heterocycles. The number of carbonyl (C=O) groups excluding carboxylic acids is 1. The fraction of sp³-hybridized carbons (Fsp3) is 0.625. The van der Waals surface area contributed by atoms with Crippen molar-refractivity contribution in [1.29, 1.82) is 0 Å². The van der Waals surface area contributed by atoms with Crippen molar-refractivity contribution in [2.24, 2.45) is 0 Å². The topological polar surface area (TPSA) is 33.2 Å². The molecule has 0 saturated carbocycles. The summed E-state index contributed by atoms with van der Waals surface area (Å²) in [7, 11) is 0. The molecule has 1 aromatic heterocycles. The maximum Gasteiger partial charge on any atom is 0.256 e. The number of carbonyl (C=O) groups is 1. The lowest BCUT2D eigenvalue weighted by Gasteiger charge is -2.41. The highest BCUT2D eigenvalue weighted by atomic mass is 32.2. The summed E-state index contributed by atoms with van der Waals surface area (Å²) < 4.78 is 0. The third kappa shape index (κ3) is 3.75. The number of pyridine rings is 1. The maximum atomic E-state index is 13.0. The van der Waals surface area contributed by atoms with Crippen molar-refractivity contribution in [3.63, 3.8) is 0 Å². The molecule has 1 radical (unpaired) electrons. The van der Waals surface area contributed by atoms with Crippen LogP contribution in [-0.2, 0) is 0 Å². The number of aromatic nitrogens is 1. The maximum absolute atomic E-state index is 13.0. The minimum absolute atomic E-state index is 0.160. The number of nitrogens with zero attached hydrogens (tertiary/aromatic N) is 2. The quantitative estimate of drug-likeness (QED) is 0.853. The van der Waals surface area contributed by atoms with Crippen LogP contribution in [0.15, 0.2) is 18.3 Å². The fourth-order valence-electron chi connectivity index (χ4n) is 3.03. The third-order valence-corrected chi connectivity index (χ3v) is 6.57. The van der Waals surface area contributed by atoms with Crippen LogP contribution in [-0.4, -0.2) is 44.5 Å². The second-order valence-electron chi connectivity index (χ2n) is 5.55. The van der Waals surface area contributed by atoms with Gasteiger partial charge < -0.3 is 4.90 Å². The number of hydrogen-bond acceptors (Lipinski definition) is 4. The van der Waals surface area contributed by atoms with E-state index < -0.39 is 0 Å². The molecule has 0 bridgehead atoms. The third-order valence-electron chi connectivity index (χ3n) is 4.15. The lowest BCUT2D eigenvalue weighted by molar-refractivity contribution is 0.0630. The van der Waals surface area contributed by atoms with E-state index in [9.17, 15) is 4.79 Å². The van der Waals surface area contributed by atoms with Crippen molar-refractivity contribution in [3.8, 4) is 0 Å². The Morgan fingerprint density at radius 2 is 2.10 bits per heavy atom. The highest BCUT2D eigenvalue weighted by Gasteiger charge is 2.33. The first kappa shape index (κ1) is 15.2. The van der Waals surface area contributed by atoms with E-state index in [-0.39, 0.29) is 5.91 Å². The summed E-state index contributed by atoms with van der Waals surface area (Å²) in [5.74, 6) is 3.68. The summed E-state index contributed by atoms with van der Waals surface area (Å²) in [6.45, 7) is 0. The molecule has 0 N–H and O–H groups in total. The number of thioether (sulfide) groups is 2. The molecule has 21 heavy (non-hydrogen) atoms. The van der Waals surface area contributed by atoms with Gasteiger partial charge in [-0.05, 0) is 61.5 Å². The zero-order valence-electron chi connectivity index (χ0n) is 12.2. The Hall–Kier alpha value is -0.680. The molecule has 2 aliphatic rings. The van der Waals surface area contributed by atoms with E-state index in [4.69, 9.17) is 0 Å². The highest BCUT2D eigenvalue weighted by Crippen LogP contribution is 2.34. The molecule has 3 heterocycles. The van der Waals surface area contributed by atoms with Gasteiger partial charge in [-0.1, -0.05) is 0 Å².